The normalized spacial score (nSPS) is 12.8. The smallest absolute Gasteiger partial charge is 0.295 e. The van der Waals surface area contributed by atoms with E-state index in [1.54, 1.807) is 13.8 Å². The maximum absolute atomic E-state index is 11.9. The number of hydrogen-bond acceptors (Lipinski definition) is 7. The van der Waals surface area contributed by atoms with E-state index >= 15 is 0 Å². The molecule has 0 spiro atoms. The Kier molecular flexibility index (Phi) is 7.71. The Morgan fingerprint density at radius 1 is 0.818 bits per heavy atom. The van der Waals surface area contributed by atoms with Gasteiger partial charge < -0.3 is 5.32 Å². The molecule has 0 aromatic heterocycles. The summed E-state index contributed by atoms with van der Waals surface area (Å²) in [6, 6.07) is 7.03. The lowest BCUT2D eigenvalue weighted by atomic mass is 10.1. The van der Waals surface area contributed by atoms with Crippen LogP contribution in [0.2, 0.25) is 0 Å². The number of anilines is 2. The molecule has 2 rings (SSSR count). The van der Waals surface area contributed by atoms with Crippen LogP contribution in [-0.2, 0) is 35.1 Å². The van der Waals surface area contributed by atoms with Crippen molar-refractivity contribution in [3.8, 4) is 0 Å². The third-order valence-corrected chi connectivity index (χ3v) is 6.55. The highest BCUT2D eigenvalue weighted by atomic mass is 32.2. The number of rotatable bonds is 8. The molecule has 2 aromatic rings. The summed E-state index contributed by atoms with van der Waals surface area (Å²) in [6.07, 6.45) is 3.19. The molecular weight excluding hydrogens is 496 g/mol. The van der Waals surface area contributed by atoms with E-state index in [0.717, 1.165) is 24.5 Å². The van der Waals surface area contributed by atoms with E-state index in [1.165, 1.54) is 30.3 Å². The molecule has 0 fully saturated rings. The van der Waals surface area contributed by atoms with Gasteiger partial charge in [0.25, 0.3) is 20.2 Å². The minimum atomic E-state index is -4.78. The Hall–Kier alpha value is -2.78. The van der Waals surface area contributed by atoms with Crippen LogP contribution in [-0.4, -0.2) is 46.5 Å². The van der Waals surface area contributed by atoms with Crippen LogP contribution in [0, 0.1) is 5.92 Å². The van der Waals surface area contributed by atoms with Gasteiger partial charge in [-0.05, 0) is 35.4 Å². The Morgan fingerprint density at radius 2 is 1.24 bits per heavy atom. The topological polar surface area (TPSA) is 184 Å². The second-order valence-electron chi connectivity index (χ2n) is 7.31. The van der Waals surface area contributed by atoms with Crippen molar-refractivity contribution >= 4 is 59.7 Å². The lowest BCUT2D eigenvalue weighted by Gasteiger charge is -2.11. The van der Waals surface area contributed by atoms with Crippen LogP contribution in [0.25, 0.3) is 12.2 Å². The van der Waals surface area contributed by atoms with Gasteiger partial charge in [0.1, 0.15) is 9.79 Å². The van der Waals surface area contributed by atoms with E-state index in [-0.39, 0.29) is 34.3 Å². The number of sulfonamides is 1. The Morgan fingerprint density at radius 3 is 1.64 bits per heavy atom. The highest BCUT2D eigenvalue weighted by molar-refractivity contribution is 7.92. The second-order valence-corrected chi connectivity index (χ2v) is 11.8. The number of hydrogen-bond donors (Lipinski definition) is 4. The highest BCUT2D eigenvalue weighted by Gasteiger charge is 2.18. The van der Waals surface area contributed by atoms with E-state index in [1.807, 2.05) is 0 Å². The fraction of sp³-hybridized carbons (Fsp3) is 0.211. The Bertz CT molecular complexity index is 1430. The maximum atomic E-state index is 11.9. The summed E-state index contributed by atoms with van der Waals surface area (Å²) in [5.41, 5.74) is -0.130. The van der Waals surface area contributed by atoms with Crippen LogP contribution in [0.1, 0.15) is 25.0 Å². The van der Waals surface area contributed by atoms with Gasteiger partial charge in [-0.2, -0.15) is 16.8 Å². The van der Waals surface area contributed by atoms with Crippen LogP contribution < -0.4 is 10.0 Å². The van der Waals surface area contributed by atoms with Gasteiger partial charge in [-0.25, -0.2) is 8.42 Å². The fourth-order valence-electron chi connectivity index (χ4n) is 2.61. The molecule has 0 aliphatic carbocycles. The average molecular weight is 519 g/mol. The number of carbonyl (C=O) groups is 1. The third-order valence-electron chi connectivity index (χ3n) is 4.12. The molecule has 4 N–H and O–H groups in total. The van der Waals surface area contributed by atoms with Crippen molar-refractivity contribution in [1.29, 1.82) is 0 Å². The molecule has 0 bridgehead atoms. The first-order chi connectivity index (χ1) is 15.0. The molecule has 1 amide bonds. The van der Waals surface area contributed by atoms with E-state index in [4.69, 9.17) is 0 Å². The van der Waals surface area contributed by atoms with Crippen molar-refractivity contribution < 1.29 is 39.2 Å². The van der Waals surface area contributed by atoms with E-state index in [9.17, 15) is 39.2 Å². The zero-order chi connectivity index (χ0) is 25.2. The number of carbonyl (C=O) groups excluding carboxylic acids is 1. The number of amides is 1. The van der Waals surface area contributed by atoms with E-state index in [0.29, 0.717) is 0 Å². The van der Waals surface area contributed by atoms with Crippen molar-refractivity contribution in [3.63, 3.8) is 0 Å². The molecule has 0 heterocycles. The monoisotopic (exact) mass is 518 g/mol. The number of benzene rings is 2. The SMILES string of the molecule is CC(C)C(=O)Nc1ccc(C=Cc2ccc(NS(C)(=O)=O)cc2S(=O)(=O)O)c(S(=O)(=O)O)c1. The van der Waals surface area contributed by atoms with Crippen molar-refractivity contribution in [2.45, 2.75) is 23.6 Å². The Balaban J connectivity index is 2.55. The molecule has 0 aliphatic heterocycles. The van der Waals surface area contributed by atoms with Crippen LogP contribution >= 0.6 is 0 Å². The van der Waals surface area contributed by atoms with Gasteiger partial charge in [-0.3, -0.25) is 18.6 Å². The maximum Gasteiger partial charge on any atom is 0.295 e. The Labute approximate surface area is 192 Å². The van der Waals surface area contributed by atoms with Gasteiger partial charge in [0.15, 0.2) is 0 Å². The van der Waals surface area contributed by atoms with Gasteiger partial charge in [-0.1, -0.05) is 38.1 Å². The summed E-state index contributed by atoms with van der Waals surface area (Å²) >= 11 is 0. The first kappa shape index (κ1) is 26.5. The minimum Gasteiger partial charge on any atom is -0.326 e. The predicted molar refractivity (Wildman–Crippen MR) is 123 cm³/mol. The summed E-state index contributed by atoms with van der Waals surface area (Å²) in [7, 11) is -13.2. The average Bonchev–Trinajstić information content (AvgIpc) is 2.64. The molecule has 0 atom stereocenters. The van der Waals surface area contributed by atoms with E-state index < -0.39 is 40.1 Å². The molecule has 33 heavy (non-hydrogen) atoms. The van der Waals surface area contributed by atoms with Gasteiger partial charge in [0.2, 0.25) is 15.9 Å². The molecule has 14 heteroatoms. The first-order valence-electron chi connectivity index (χ1n) is 9.17. The molecule has 0 saturated heterocycles. The molecule has 0 saturated carbocycles. The predicted octanol–water partition coefficient (Wildman–Crippen LogP) is 2.32. The molecule has 180 valence electrons. The third kappa shape index (κ3) is 7.64. The summed E-state index contributed by atoms with van der Waals surface area (Å²) in [6.45, 7) is 3.28. The molecule has 0 unspecified atom stereocenters. The van der Waals surface area contributed by atoms with Crippen molar-refractivity contribution in [2.75, 3.05) is 16.3 Å². The van der Waals surface area contributed by atoms with Crippen molar-refractivity contribution in [3.05, 3.63) is 47.5 Å². The lowest BCUT2D eigenvalue weighted by Crippen LogP contribution is -2.18. The minimum absolute atomic E-state index is 0.0420. The van der Waals surface area contributed by atoms with Gasteiger partial charge in [0, 0.05) is 17.3 Å². The zero-order valence-corrected chi connectivity index (χ0v) is 20.1. The van der Waals surface area contributed by atoms with Crippen LogP contribution in [0.4, 0.5) is 11.4 Å². The summed E-state index contributed by atoms with van der Waals surface area (Å²) < 4.78 is 91.2. The molecule has 2 aromatic carbocycles. The number of nitrogens with one attached hydrogen (secondary N) is 2. The summed E-state index contributed by atoms with van der Waals surface area (Å²) in [5.74, 6) is -0.752. The summed E-state index contributed by atoms with van der Waals surface area (Å²) in [5, 5.41) is 2.50. The molecule has 0 aliphatic rings. The van der Waals surface area contributed by atoms with E-state index in [2.05, 4.69) is 10.0 Å². The van der Waals surface area contributed by atoms with Crippen LogP contribution in [0.3, 0.4) is 0 Å². The summed E-state index contributed by atoms with van der Waals surface area (Å²) in [4.78, 5) is 10.7. The molecule has 0 radical (unpaired) electrons. The zero-order valence-electron chi connectivity index (χ0n) is 17.7. The van der Waals surface area contributed by atoms with Crippen LogP contribution in [0.5, 0.6) is 0 Å². The quantitative estimate of drug-likeness (QED) is 0.301. The van der Waals surface area contributed by atoms with Crippen LogP contribution in [0.15, 0.2) is 46.2 Å². The van der Waals surface area contributed by atoms with Gasteiger partial charge in [0.05, 0.1) is 6.26 Å². The fourth-order valence-corrected chi connectivity index (χ4v) is 4.59. The molecular formula is C19H22N2O9S3. The second kappa shape index (κ2) is 9.61. The largest absolute Gasteiger partial charge is 0.326 e. The van der Waals surface area contributed by atoms with Crippen molar-refractivity contribution in [2.24, 2.45) is 5.92 Å². The standard InChI is InChI=1S/C19H22N2O9S3/c1-12(2)19(22)20-15-8-6-13(17(10-15)32(25,26)27)4-5-14-7-9-16(21-31(3,23)24)11-18(14)33(28,29)30/h4-12,21H,1-3H3,(H,20,22)(H,25,26,27)(H,28,29,30). The first-order valence-corrected chi connectivity index (χ1v) is 13.9. The highest BCUT2D eigenvalue weighted by Crippen LogP contribution is 2.26. The van der Waals surface area contributed by atoms with Crippen molar-refractivity contribution in [1.82, 2.24) is 0 Å². The van der Waals surface area contributed by atoms with Gasteiger partial charge in [-0.15, -0.1) is 0 Å². The lowest BCUT2D eigenvalue weighted by molar-refractivity contribution is -0.118. The van der Waals surface area contributed by atoms with Gasteiger partial charge >= 0.3 is 0 Å². The molecule has 11 nitrogen and oxygen atoms in total.